The Balaban J connectivity index is 0.758. The number of pyridine rings is 1. The Labute approximate surface area is 344 Å². The third-order valence-electron chi connectivity index (χ3n) is 11.1. The van der Waals surface area contributed by atoms with Crippen molar-refractivity contribution in [3.63, 3.8) is 0 Å². The van der Waals surface area contributed by atoms with E-state index in [1.165, 1.54) is 6.33 Å². The van der Waals surface area contributed by atoms with Crippen LogP contribution in [-0.2, 0) is 30.3 Å². The fraction of sp³-hybridized carbons (Fsp3) is 0.405. The molecule has 1 aliphatic carbocycles. The van der Waals surface area contributed by atoms with Gasteiger partial charge in [-0.1, -0.05) is 25.0 Å². The number of hydrogen-bond acceptors (Lipinski definition) is 14. The molecule has 2 aromatic carbocycles. The Hall–Kier alpha value is -6.21. The molecule has 5 heterocycles. The van der Waals surface area contributed by atoms with Crippen LogP contribution in [0.2, 0.25) is 0 Å². The van der Waals surface area contributed by atoms with Gasteiger partial charge in [-0.15, -0.1) is 0 Å². The van der Waals surface area contributed by atoms with Crippen LogP contribution in [0.1, 0.15) is 59.2 Å². The van der Waals surface area contributed by atoms with Gasteiger partial charge in [-0.05, 0) is 49.6 Å². The van der Waals surface area contributed by atoms with Crippen LogP contribution < -0.4 is 32.6 Å². The van der Waals surface area contributed by atoms with Crippen LogP contribution in [0, 0.1) is 0 Å². The number of rotatable bonds is 18. The number of benzene rings is 2. The average Bonchev–Trinajstić information content (AvgIpc) is 3.77. The van der Waals surface area contributed by atoms with Gasteiger partial charge < -0.3 is 45.4 Å². The average molecular weight is 821 g/mol. The van der Waals surface area contributed by atoms with Crippen LogP contribution >= 0.6 is 0 Å². The monoisotopic (exact) mass is 820 g/mol. The van der Waals surface area contributed by atoms with Crippen molar-refractivity contribution in [3.8, 4) is 0 Å². The van der Waals surface area contributed by atoms with Gasteiger partial charge in [0.05, 0.1) is 68.1 Å². The molecule has 1 saturated heterocycles. The minimum atomic E-state index is -1.02. The summed E-state index contributed by atoms with van der Waals surface area (Å²) in [5, 5.41) is 13.6. The van der Waals surface area contributed by atoms with E-state index >= 15 is 0 Å². The molecule has 4 amide bonds. The zero-order valence-corrected chi connectivity index (χ0v) is 33.0. The highest BCUT2D eigenvalue weighted by Gasteiger charge is 2.45. The highest BCUT2D eigenvalue weighted by molar-refractivity contribution is 6.25. The summed E-state index contributed by atoms with van der Waals surface area (Å²) in [4.78, 5) is 76.1. The SMILES string of the molecule is N[C@H]1CCCC[C@H]1Nc1cc2nc[nH]c(=O)c2c(Nc2cccc3c2ccn3CCOCCOCCOCCNc2cccc3c2C(=O)N(C2CCC(=O)NC2=O)C3=O)n1. The molecule has 0 radical (unpaired) electrons. The molecule has 1 saturated carbocycles. The largest absolute Gasteiger partial charge is 0.382 e. The Kier molecular flexibility index (Phi) is 12.4. The van der Waals surface area contributed by atoms with E-state index in [0.717, 1.165) is 47.2 Å². The van der Waals surface area contributed by atoms with E-state index in [9.17, 15) is 24.0 Å². The van der Waals surface area contributed by atoms with Crippen molar-refractivity contribution in [1.29, 1.82) is 0 Å². The first-order valence-corrected chi connectivity index (χ1v) is 20.3. The molecule has 60 heavy (non-hydrogen) atoms. The van der Waals surface area contributed by atoms with Gasteiger partial charge in [0.15, 0.2) is 0 Å². The van der Waals surface area contributed by atoms with Crippen LogP contribution in [0.4, 0.5) is 23.0 Å². The summed E-state index contributed by atoms with van der Waals surface area (Å²) in [6.07, 6.45) is 7.69. The zero-order valence-electron chi connectivity index (χ0n) is 33.0. The predicted molar refractivity (Wildman–Crippen MR) is 223 cm³/mol. The van der Waals surface area contributed by atoms with Crippen LogP contribution in [0.15, 0.2) is 65.8 Å². The number of aromatic nitrogens is 4. The smallest absolute Gasteiger partial charge is 0.264 e. The predicted octanol–water partition coefficient (Wildman–Crippen LogP) is 3.26. The first kappa shape index (κ1) is 40.6. The first-order chi connectivity index (χ1) is 29.3. The highest BCUT2D eigenvalue weighted by Crippen LogP contribution is 2.33. The number of anilines is 4. The molecule has 8 rings (SSSR count). The minimum Gasteiger partial charge on any atom is -0.382 e. The molecule has 3 atom stereocenters. The molecule has 0 spiro atoms. The Morgan fingerprint density at radius 2 is 1.62 bits per heavy atom. The molecule has 3 aliphatic rings. The maximum atomic E-state index is 13.3. The lowest BCUT2D eigenvalue weighted by Crippen LogP contribution is -2.54. The number of ether oxygens (including phenoxy) is 3. The van der Waals surface area contributed by atoms with E-state index in [0.29, 0.717) is 81.0 Å². The Bertz CT molecular complexity index is 2470. The molecule has 3 aromatic heterocycles. The molecule has 7 N–H and O–H groups in total. The molecule has 0 bridgehead atoms. The number of piperidine rings is 1. The fourth-order valence-corrected chi connectivity index (χ4v) is 8.06. The minimum absolute atomic E-state index is 0.0328. The second-order valence-corrected chi connectivity index (χ2v) is 15.0. The number of fused-ring (bicyclic) bond motifs is 3. The van der Waals surface area contributed by atoms with E-state index < -0.39 is 29.7 Å². The summed E-state index contributed by atoms with van der Waals surface area (Å²) in [6.45, 7) is 3.32. The number of imide groups is 2. The number of nitrogens with one attached hydrogen (secondary N) is 5. The lowest BCUT2D eigenvalue weighted by atomic mass is 9.91. The second kappa shape index (κ2) is 18.4. The van der Waals surface area contributed by atoms with Gasteiger partial charge in [-0.2, -0.15) is 0 Å². The third kappa shape index (κ3) is 8.72. The topological polar surface area (TPSA) is 237 Å². The first-order valence-electron chi connectivity index (χ1n) is 20.3. The molecule has 2 aliphatic heterocycles. The summed E-state index contributed by atoms with van der Waals surface area (Å²) in [7, 11) is 0. The number of carbonyl (C=O) groups excluding carboxylic acids is 4. The number of aromatic amines is 1. The lowest BCUT2D eigenvalue weighted by molar-refractivity contribution is -0.136. The molecule has 2 fully saturated rings. The van der Waals surface area contributed by atoms with Crippen LogP contribution in [0.3, 0.4) is 0 Å². The number of carbonyl (C=O) groups is 4. The van der Waals surface area contributed by atoms with E-state index in [1.807, 2.05) is 30.5 Å². The second-order valence-electron chi connectivity index (χ2n) is 15.0. The lowest BCUT2D eigenvalue weighted by Gasteiger charge is -2.29. The van der Waals surface area contributed by atoms with Gasteiger partial charge in [0, 0.05) is 60.6 Å². The van der Waals surface area contributed by atoms with Crippen molar-refractivity contribution in [1.82, 2.24) is 29.7 Å². The van der Waals surface area contributed by atoms with Gasteiger partial charge in [0.25, 0.3) is 17.4 Å². The standard InChI is InChI=1S/C42H48N10O8/c43-27-6-1-2-7-29(27)47-34-23-31-37(40(55)46-24-45-31)38(49-34)48-28-8-4-10-32-25(28)13-15-51(32)16-18-59-20-22-60-21-19-58-17-14-44-30-9-3-5-26-36(30)42(57)52(41(26)56)33-11-12-35(53)50-39(33)54/h3-5,8-10,13,15,23-24,27,29,33,44H,1-2,6-7,11-12,14,16-22,43H2,(H,45,46,55)(H2,47,48,49)(H,50,53,54)/t27-,29+,33?/m0/s1. The number of nitrogens with zero attached hydrogens (tertiary/aromatic N) is 4. The Morgan fingerprint density at radius 1 is 0.850 bits per heavy atom. The van der Waals surface area contributed by atoms with Crippen molar-refractivity contribution in [3.05, 3.63) is 82.5 Å². The van der Waals surface area contributed by atoms with E-state index in [4.69, 9.17) is 24.9 Å². The number of nitrogens with two attached hydrogens (primary N) is 1. The normalized spacial score (nSPS) is 19.2. The van der Waals surface area contributed by atoms with Gasteiger partial charge in [-0.25, -0.2) is 9.97 Å². The van der Waals surface area contributed by atoms with Crippen LogP contribution in [0.25, 0.3) is 21.8 Å². The van der Waals surface area contributed by atoms with E-state index in [2.05, 4.69) is 35.8 Å². The molecule has 18 nitrogen and oxygen atoms in total. The van der Waals surface area contributed by atoms with Crippen LogP contribution in [-0.4, -0.2) is 112 Å². The van der Waals surface area contributed by atoms with E-state index in [-0.39, 0.29) is 41.6 Å². The fourth-order valence-electron chi connectivity index (χ4n) is 8.06. The number of amides is 4. The van der Waals surface area contributed by atoms with Gasteiger partial charge >= 0.3 is 0 Å². The summed E-state index contributed by atoms with van der Waals surface area (Å²) in [5.41, 5.74) is 9.34. The van der Waals surface area contributed by atoms with Crippen molar-refractivity contribution in [2.24, 2.45) is 5.73 Å². The van der Waals surface area contributed by atoms with Crippen molar-refractivity contribution < 1.29 is 33.4 Å². The van der Waals surface area contributed by atoms with Gasteiger partial charge in [0.1, 0.15) is 23.1 Å². The quantitative estimate of drug-likeness (QED) is 0.0550. The summed E-state index contributed by atoms with van der Waals surface area (Å²) < 4.78 is 19.3. The van der Waals surface area contributed by atoms with Crippen molar-refractivity contribution >= 4 is 68.4 Å². The highest BCUT2D eigenvalue weighted by atomic mass is 16.5. The van der Waals surface area contributed by atoms with Crippen molar-refractivity contribution in [2.75, 3.05) is 62.1 Å². The number of H-pyrrole nitrogens is 1. The maximum absolute atomic E-state index is 13.3. The third-order valence-corrected chi connectivity index (χ3v) is 11.1. The molecule has 314 valence electrons. The molecule has 1 unspecified atom stereocenters. The summed E-state index contributed by atoms with van der Waals surface area (Å²) in [6, 6.07) is 13.8. The molecular weight excluding hydrogens is 773 g/mol. The van der Waals surface area contributed by atoms with E-state index in [1.54, 1.807) is 24.3 Å². The Morgan fingerprint density at radius 3 is 2.43 bits per heavy atom. The number of hydrogen-bond donors (Lipinski definition) is 6. The molecular formula is C42H48N10O8. The van der Waals surface area contributed by atoms with Gasteiger partial charge in [-0.3, -0.25) is 34.2 Å². The maximum Gasteiger partial charge on any atom is 0.264 e. The summed E-state index contributed by atoms with van der Waals surface area (Å²) >= 11 is 0. The van der Waals surface area contributed by atoms with Crippen LogP contribution in [0.5, 0.6) is 0 Å². The van der Waals surface area contributed by atoms with Gasteiger partial charge in [0.2, 0.25) is 11.8 Å². The molecule has 5 aromatic rings. The summed E-state index contributed by atoms with van der Waals surface area (Å²) in [5.74, 6) is -1.16. The zero-order chi connectivity index (χ0) is 41.6. The van der Waals surface area contributed by atoms with Crippen molar-refractivity contribution in [2.45, 2.75) is 63.2 Å². The molecule has 18 heteroatoms.